The van der Waals surface area contributed by atoms with Crippen molar-refractivity contribution >= 4 is 35.0 Å². The van der Waals surface area contributed by atoms with Crippen molar-refractivity contribution in [3.8, 4) is 33.5 Å². The maximum Gasteiger partial charge on any atom is 0.407 e. The number of ether oxygens (including phenoxy) is 3. The molecular weight excluding hydrogens is 875 g/mol. The Kier molecular flexibility index (Phi) is 11.3. The van der Waals surface area contributed by atoms with Gasteiger partial charge in [0.2, 0.25) is 0 Å². The molecule has 2 aliphatic heterocycles. The van der Waals surface area contributed by atoms with Crippen molar-refractivity contribution in [1.82, 2.24) is 40.4 Å². The molecule has 1 unspecified atom stereocenters. The third-order valence-corrected chi connectivity index (χ3v) is 14.7. The van der Waals surface area contributed by atoms with E-state index in [1.54, 1.807) is 61.3 Å². The molecule has 15 nitrogen and oxygen atoms in total. The van der Waals surface area contributed by atoms with E-state index < -0.39 is 41.8 Å². The van der Waals surface area contributed by atoms with Crippen LogP contribution >= 0.6 is 0 Å². The molecule has 2 aromatic heterocycles. The van der Waals surface area contributed by atoms with Gasteiger partial charge in [-0.25, -0.2) is 19.6 Å². The highest BCUT2D eigenvalue weighted by atomic mass is 19.3. The Hall–Kier alpha value is -7.14. The van der Waals surface area contributed by atoms with Gasteiger partial charge in [-0.3, -0.25) is 9.59 Å². The van der Waals surface area contributed by atoms with Crippen LogP contribution in [0, 0.1) is 5.92 Å². The van der Waals surface area contributed by atoms with Crippen LogP contribution in [0.3, 0.4) is 0 Å². The summed E-state index contributed by atoms with van der Waals surface area (Å²) < 4.78 is 48.6. The number of H-pyrrole nitrogens is 2. The van der Waals surface area contributed by atoms with E-state index >= 15 is 8.78 Å². The lowest BCUT2D eigenvalue weighted by Crippen LogP contribution is -2.63. The largest absolute Gasteiger partial charge is 0.453 e. The zero-order valence-corrected chi connectivity index (χ0v) is 38.3. The predicted molar refractivity (Wildman–Crippen MR) is 247 cm³/mol. The highest BCUT2D eigenvalue weighted by Crippen LogP contribution is 2.54. The van der Waals surface area contributed by atoms with E-state index in [0.29, 0.717) is 75.6 Å². The van der Waals surface area contributed by atoms with Gasteiger partial charge in [-0.2, -0.15) is 8.78 Å². The van der Waals surface area contributed by atoms with Crippen molar-refractivity contribution in [2.75, 3.05) is 27.9 Å². The molecule has 10 rings (SSSR count). The molecule has 3 fully saturated rings. The molecule has 4 heterocycles. The fraction of sp³-hybridized carbons (Fsp3) is 0.373. The minimum absolute atomic E-state index is 0.0101. The summed E-state index contributed by atoms with van der Waals surface area (Å²) in [6, 6.07) is 23.1. The number of rotatable bonds is 11. The molecule has 2 bridgehead atoms. The van der Waals surface area contributed by atoms with E-state index in [2.05, 4.69) is 25.6 Å². The molecule has 68 heavy (non-hydrogen) atoms. The van der Waals surface area contributed by atoms with Gasteiger partial charge in [0, 0.05) is 36.4 Å². The second kappa shape index (κ2) is 17.2. The molecule has 6 aromatic rings. The Morgan fingerprint density at radius 1 is 0.838 bits per heavy atom. The van der Waals surface area contributed by atoms with Gasteiger partial charge >= 0.3 is 12.2 Å². The van der Waals surface area contributed by atoms with Crippen molar-refractivity contribution in [2.24, 2.45) is 5.92 Å². The van der Waals surface area contributed by atoms with Gasteiger partial charge in [0.15, 0.2) is 0 Å². The first kappa shape index (κ1) is 44.7. The summed E-state index contributed by atoms with van der Waals surface area (Å²) in [4.78, 5) is 73.2. The van der Waals surface area contributed by atoms with Crippen LogP contribution in [0.4, 0.5) is 18.4 Å². The molecule has 17 heteroatoms. The number of nitrogens with zero attached hydrogens (tertiary/aromatic N) is 4. The van der Waals surface area contributed by atoms with Crippen LogP contribution in [0.5, 0.6) is 0 Å². The number of alkyl carbamates (subject to hydrolysis) is 2. The second-order valence-corrected chi connectivity index (χ2v) is 18.4. The van der Waals surface area contributed by atoms with Gasteiger partial charge in [0.1, 0.15) is 23.2 Å². The molecule has 352 valence electrons. The van der Waals surface area contributed by atoms with E-state index in [4.69, 9.17) is 19.2 Å². The Bertz CT molecular complexity index is 2960. The first-order chi connectivity index (χ1) is 32.7. The number of amides is 4. The maximum atomic E-state index is 16.7. The van der Waals surface area contributed by atoms with Crippen molar-refractivity contribution in [3.05, 3.63) is 119 Å². The number of piperidine rings is 1. The van der Waals surface area contributed by atoms with E-state index in [-0.39, 0.29) is 40.9 Å². The molecule has 2 aliphatic carbocycles. The normalized spacial score (nSPS) is 21.8. The molecule has 4 aromatic carbocycles. The van der Waals surface area contributed by atoms with E-state index in [1.807, 2.05) is 47.4 Å². The number of fused-ring (bicyclic) bond motifs is 6. The van der Waals surface area contributed by atoms with Crippen molar-refractivity contribution in [2.45, 2.75) is 87.7 Å². The summed E-state index contributed by atoms with van der Waals surface area (Å²) in [6.45, 7) is 3.71. The van der Waals surface area contributed by atoms with Gasteiger partial charge in [-0.15, -0.1) is 0 Å². The third-order valence-electron chi connectivity index (χ3n) is 14.7. The van der Waals surface area contributed by atoms with E-state index in [1.165, 1.54) is 27.4 Å². The molecule has 2 saturated heterocycles. The number of methoxy groups -OCH3 is 3. The van der Waals surface area contributed by atoms with Gasteiger partial charge in [0.05, 0.1) is 55.3 Å². The quantitative estimate of drug-likeness (QED) is 0.0987. The Balaban J connectivity index is 0.893. The Morgan fingerprint density at radius 3 is 2.25 bits per heavy atom. The molecule has 4 N–H and O–H groups in total. The molecule has 4 aliphatic rings. The number of hydrogen-bond donors (Lipinski definition) is 4. The Labute approximate surface area is 391 Å². The van der Waals surface area contributed by atoms with Crippen LogP contribution in [-0.2, 0) is 29.7 Å². The van der Waals surface area contributed by atoms with Crippen LogP contribution < -0.4 is 10.6 Å². The molecule has 7 atom stereocenters. The summed E-state index contributed by atoms with van der Waals surface area (Å²) in [5.74, 6) is -2.59. The fourth-order valence-electron chi connectivity index (χ4n) is 10.9. The SMILES string of the molecule is COC(=O)N[C@@H](C(=O)N1[C@@H]2CC[C@@H](C2)[C@H]1c1nc2ccc(-c3ccc4c(c3)C(F)(F)c3cc(-c5cnc(C6CCCN6C(=O)[C@@](C)(NC(=O)OC)[C@@H](C)OC)[nH]5)ccc3-4)cc2[nH]1)c1ccccc1. The predicted octanol–water partition coefficient (Wildman–Crippen LogP) is 8.70. The fourth-order valence-corrected chi connectivity index (χ4v) is 10.9. The zero-order valence-electron chi connectivity index (χ0n) is 38.3. The number of carbonyl (C=O) groups is 4. The smallest absolute Gasteiger partial charge is 0.407 e. The van der Waals surface area contributed by atoms with Crippen molar-refractivity contribution in [3.63, 3.8) is 0 Å². The standard InChI is InChI=1S/C51H52F2N8O7/c1-27(66-3)50(2,59-49(65)68-5)47(63)60-21-9-12-41(60)44-54-26-40(57-44)31-15-19-35-34-18-14-29(23-36(34)51(52,53)37(35)24-31)30-16-20-38-39(25-30)56-45(55-38)43-32-13-17-33(22-32)61(43)46(62)42(58-48(64)67-4)28-10-7-6-8-11-28/h6-8,10-11,14-16,18-20,23-27,32-33,41-43H,9,12-13,17,21-22H2,1-5H3,(H,54,57)(H,55,56)(H,58,64)(H,59,65)/t27-,32+,33-,41?,42-,43+,50+/m1/s1. The monoisotopic (exact) mass is 926 g/mol. The number of carbonyl (C=O) groups excluding carboxylic acids is 4. The third kappa shape index (κ3) is 7.43. The van der Waals surface area contributed by atoms with Crippen molar-refractivity contribution in [1.29, 1.82) is 0 Å². The number of halogens is 2. The lowest BCUT2D eigenvalue weighted by molar-refractivity contribution is -0.144. The minimum atomic E-state index is -3.31. The number of likely N-dealkylation sites (tertiary alicyclic amines) is 2. The van der Waals surface area contributed by atoms with Gasteiger partial charge in [-0.05, 0) is 104 Å². The number of aromatic amines is 2. The van der Waals surface area contributed by atoms with Gasteiger partial charge in [0.25, 0.3) is 17.7 Å². The van der Waals surface area contributed by atoms with Crippen LogP contribution in [0.1, 0.15) is 92.4 Å². The topological polar surface area (TPSA) is 184 Å². The van der Waals surface area contributed by atoms with E-state index in [9.17, 15) is 19.2 Å². The highest BCUT2D eigenvalue weighted by Gasteiger charge is 2.52. The summed E-state index contributed by atoms with van der Waals surface area (Å²) in [5, 5.41) is 5.40. The van der Waals surface area contributed by atoms with Crippen molar-refractivity contribution < 1.29 is 42.2 Å². The zero-order chi connectivity index (χ0) is 47.6. The lowest BCUT2D eigenvalue weighted by Gasteiger charge is -2.38. The molecule has 0 spiro atoms. The second-order valence-electron chi connectivity index (χ2n) is 18.4. The molecule has 0 radical (unpaired) electrons. The summed E-state index contributed by atoms with van der Waals surface area (Å²) in [6.07, 6.45) is 3.35. The molecule has 4 amide bonds. The summed E-state index contributed by atoms with van der Waals surface area (Å²) in [7, 11) is 3.95. The number of alkyl halides is 2. The highest BCUT2D eigenvalue weighted by molar-refractivity contribution is 5.91. The summed E-state index contributed by atoms with van der Waals surface area (Å²) in [5.41, 5.74) is 3.63. The van der Waals surface area contributed by atoms with Gasteiger partial charge < -0.3 is 44.6 Å². The lowest BCUT2D eigenvalue weighted by atomic mass is 9.93. The van der Waals surface area contributed by atoms with E-state index in [0.717, 1.165) is 24.8 Å². The number of aromatic nitrogens is 4. The maximum absolute atomic E-state index is 16.7. The summed E-state index contributed by atoms with van der Waals surface area (Å²) >= 11 is 0. The number of benzene rings is 4. The first-order valence-corrected chi connectivity index (χ1v) is 22.9. The Morgan fingerprint density at radius 2 is 1.53 bits per heavy atom. The number of nitrogens with one attached hydrogen (secondary N) is 4. The average Bonchev–Trinajstić information content (AvgIpc) is 4.24. The number of hydrogen-bond acceptors (Lipinski definition) is 9. The molecule has 1 saturated carbocycles. The van der Waals surface area contributed by atoms with Gasteiger partial charge in [-0.1, -0.05) is 60.7 Å². The van der Waals surface area contributed by atoms with Crippen LogP contribution in [0.25, 0.3) is 44.5 Å². The molecular formula is C51H52F2N8O7. The number of imidazole rings is 2. The van der Waals surface area contributed by atoms with Crippen LogP contribution in [-0.4, -0.2) is 99.3 Å². The van der Waals surface area contributed by atoms with Crippen LogP contribution in [0.2, 0.25) is 0 Å². The average molecular weight is 927 g/mol. The van der Waals surface area contributed by atoms with Crippen LogP contribution in [0.15, 0.2) is 91.1 Å². The first-order valence-electron chi connectivity index (χ1n) is 22.9. The minimum Gasteiger partial charge on any atom is -0.453 e.